The molecule has 0 spiro atoms. The number of benzene rings is 3. The molecule has 0 fully saturated rings. The van der Waals surface area contributed by atoms with Crippen molar-refractivity contribution in [3.63, 3.8) is 0 Å². The summed E-state index contributed by atoms with van der Waals surface area (Å²) >= 11 is 4.79. The van der Waals surface area contributed by atoms with E-state index in [0.717, 1.165) is 10.6 Å². The normalized spacial score (nSPS) is 10.5. The van der Waals surface area contributed by atoms with Gasteiger partial charge in [-0.3, -0.25) is 4.79 Å². The van der Waals surface area contributed by atoms with Gasteiger partial charge in [-0.1, -0.05) is 58.4 Å². The third-order valence-electron chi connectivity index (χ3n) is 3.55. The van der Waals surface area contributed by atoms with Crippen LogP contribution >= 0.6 is 27.7 Å². The zero-order valence-corrected chi connectivity index (χ0v) is 15.6. The number of thioether (sulfide) groups is 1. The Morgan fingerprint density at radius 2 is 1.72 bits per heavy atom. The fraction of sp³-hybridized carbons (Fsp3) is 0.0500. The van der Waals surface area contributed by atoms with E-state index in [2.05, 4.69) is 21.2 Å². The topological polar surface area (TPSA) is 29.1 Å². The first-order chi connectivity index (χ1) is 12.1. The lowest BCUT2D eigenvalue weighted by atomic mass is 10.2. The molecule has 0 heterocycles. The Bertz CT molecular complexity index is 886. The summed E-state index contributed by atoms with van der Waals surface area (Å²) in [5.74, 6) is -0.0350. The van der Waals surface area contributed by atoms with E-state index < -0.39 is 5.82 Å². The first-order valence-electron chi connectivity index (χ1n) is 7.65. The van der Waals surface area contributed by atoms with Crippen LogP contribution in [0.5, 0.6) is 0 Å². The molecule has 0 aromatic heterocycles. The van der Waals surface area contributed by atoms with Gasteiger partial charge in [-0.15, -0.1) is 11.8 Å². The van der Waals surface area contributed by atoms with Gasteiger partial charge in [0, 0.05) is 15.1 Å². The fourth-order valence-corrected chi connectivity index (χ4v) is 3.63. The molecule has 0 aliphatic carbocycles. The predicted molar refractivity (Wildman–Crippen MR) is 104 cm³/mol. The molecule has 2 nitrogen and oxygen atoms in total. The Balaban J connectivity index is 1.76. The fourth-order valence-electron chi connectivity index (χ4n) is 2.30. The number of rotatable bonds is 5. The number of amides is 1. The van der Waals surface area contributed by atoms with Crippen LogP contribution in [0.15, 0.2) is 82.2 Å². The van der Waals surface area contributed by atoms with Crippen molar-refractivity contribution in [1.29, 1.82) is 0 Å². The van der Waals surface area contributed by atoms with Crippen molar-refractivity contribution < 1.29 is 9.18 Å². The molecule has 3 rings (SSSR count). The summed E-state index contributed by atoms with van der Waals surface area (Å²) in [5.41, 5.74) is 1.88. The standard InChI is InChI=1S/C20H15BrFNOS/c21-15-10-11-18(17(22)12-15)23-20(24)16-8-4-5-9-19(16)25-13-14-6-2-1-3-7-14/h1-12H,13H2,(H,23,24). The second kappa shape index (κ2) is 8.32. The number of carbonyl (C=O) groups excluding carboxylic acids is 1. The lowest BCUT2D eigenvalue weighted by Gasteiger charge is -2.11. The van der Waals surface area contributed by atoms with Gasteiger partial charge in [0.1, 0.15) is 5.82 Å². The molecule has 5 heteroatoms. The SMILES string of the molecule is O=C(Nc1ccc(Br)cc1F)c1ccccc1SCc1ccccc1. The molecule has 0 radical (unpaired) electrons. The van der Waals surface area contributed by atoms with Crippen molar-refractivity contribution in [1.82, 2.24) is 0 Å². The molecule has 3 aromatic rings. The third kappa shape index (κ3) is 4.71. The van der Waals surface area contributed by atoms with Gasteiger partial charge in [0.25, 0.3) is 5.91 Å². The van der Waals surface area contributed by atoms with E-state index in [1.165, 1.54) is 17.7 Å². The van der Waals surface area contributed by atoms with Gasteiger partial charge in [-0.05, 0) is 35.9 Å². The maximum Gasteiger partial charge on any atom is 0.256 e. The van der Waals surface area contributed by atoms with E-state index in [0.29, 0.717) is 10.0 Å². The van der Waals surface area contributed by atoms with Crippen molar-refractivity contribution in [2.45, 2.75) is 10.6 Å². The van der Waals surface area contributed by atoms with Gasteiger partial charge in [-0.2, -0.15) is 0 Å². The quantitative estimate of drug-likeness (QED) is 0.507. The lowest BCUT2D eigenvalue weighted by Crippen LogP contribution is -2.14. The van der Waals surface area contributed by atoms with E-state index in [1.54, 1.807) is 30.0 Å². The number of hydrogen-bond acceptors (Lipinski definition) is 2. The Morgan fingerprint density at radius 3 is 2.48 bits per heavy atom. The van der Waals surface area contributed by atoms with E-state index in [9.17, 15) is 9.18 Å². The number of carbonyl (C=O) groups is 1. The van der Waals surface area contributed by atoms with Gasteiger partial charge < -0.3 is 5.32 Å². The highest BCUT2D eigenvalue weighted by Crippen LogP contribution is 2.27. The number of hydrogen-bond donors (Lipinski definition) is 1. The summed E-state index contributed by atoms with van der Waals surface area (Å²) in [6, 6.07) is 22.0. The highest BCUT2D eigenvalue weighted by atomic mass is 79.9. The number of anilines is 1. The first-order valence-corrected chi connectivity index (χ1v) is 9.43. The molecule has 0 aliphatic rings. The van der Waals surface area contributed by atoms with Crippen molar-refractivity contribution in [2.75, 3.05) is 5.32 Å². The largest absolute Gasteiger partial charge is 0.319 e. The molecule has 0 aliphatic heterocycles. The van der Waals surface area contributed by atoms with Crippen LogP contribution in [0.3, 0.4) is 0 Å². The minimum Gasteiger partial charge on any atom is -0.319 e. The second-order valence-electron chi connectivity index (χ2n) is 5.35. The van der Waals surface area contributed by atoms with Gasteiger partial charge in [-0.25, -0.2) is 4.39 Å². The lowest BCUT2D eigenvalue weighted by molar-refractivity contribution is 0.102. The van der Waals surface area contributed by atoms with E-state index in [1.807, 2.05) is 42.5 Å². The molecule has 0 unspecified atom stereocenters. The van der Waals surface area contributed by atoms with Crippen LogP contribution < -0.4 is 5.32 Å². The number of halogens is 2. The van der Waals surface area contributed by atoms with Crippen molar-refractivity contribution in [2.24, 2.45) is 0 Å². The average molecular weight is 416 g/mol. The average Bonchev–Trinajstić information content (AvgIpc) is 2.63. The summed E-state index contributed by atoms with van der Waals surface area (Å²) in [7, 11) is 0. The van der Waals surface area contributed by atoms with Gasteiger partial charge in [0.2, 0.25) is 0 Å². The van der Waals surface area contributed by atoms with Crippen molar-refractivity contribution in [3.8, 4) is 0 Å². The van der Waals surface area contributed by atoms with Crippen LogP contribution in [0.1, 0.15) is 15.9 Å². The molecule has 0 bridgehead atoms. The molecule has 1 N–H and O–H groups in total. The summed E-state index contributed by atoms with van der Waals surface area (Å²) in [4.78, 5) is 13.4. The van der Waals surface area contributed by atoms with E-state index in [4.69, 9.17) is 0 Å². The van der Waals surface area contributed by atoms with Gasteiger partial charge in [0.15, 0.2) is 0 Å². The molecule has 1 amide bonds. The molecule has 0 saturated carbocycles. The van der Waals surface area contributed by atoms with Crippen LogP contribution in [0.4, 0.5) is 10.1 Å². The van der Waals surface area contributed by atoms with Gasteiger partial charge in [0.05, 0.1) is 11.3 Å². The molecule has 0 saturated heterocycles. The van der Waals surface area contributed by atoms with Crippen LogP contribution in [0, 0.1) is 5.82 Å². The smallest absolute Gasteiger partial charge is 0.256 e. The van der Waals surface area contributed by atoms with Crippen molar-refractivity contribution >= 4 is 39.3 Å². The second-order valence-corrected chi connectivity index (χ2v) is 7.28. The van der Waals surface area contributed by atoms with Crippen LogP contribution in [-0.2, 0) is 5.75 Å². The Hall–Kier alpha value is -2.11. The third-order valence-corrected chi connectivity index (χ3v) is 5.19. The zero-order chi connectivity index (χ0) is 17.6. The maximum absolute atomic E-state index is 13.9. The highest BCUT2D eigenvalue weighted by Gasteiger charge is 2.13. The monoisotopic (exact) mass is 415 g/mol. The highest BCUT2D eigenvalue weighted by molar-refractivity contribution is 9.10. The molecule has 3 aromatic carbocycles. The molecule has 25 heavy (non-hydrogen) atoms. The first kappa shape index (κ1) is 17.7. The molecular weight excluding hydrogens is 401 g/mol. The van der Waals surface area contributed by atoms with E-state index >= 15 is 0 Å². The minimum absolute atomic E-state index is 0.163. The Kier molecular flexibility index (Phi) is 5.89. The van der Waals surface area contributed by atoms with Crippen LogP contribution in [-0.4, -0.2) is 5.91 Å². The van der Waals surface area contributed by atoms with Crippen molar-refractivity contribution in [3.05, 3.63) is 94.2 Å². The van der Waals surface area contributed by atoms with Crippen LogP contribution in [0.2, 0.25) is 0 Å². The van der Waals surface area contributed by atoms with Crippen LogP contribution in [0.25, 0.3) is 0 Å². The maximum atomic E-state index is 13.9. The Labute approximate surface area is 158 Å². The minimum atomic E-state index is -0.475. The molecule has 126 valence electrons. The molecule has 0 atom stereocenters. The predicted octanol–water partition coefficient (Wildman–Crippen LogP) is 6.13. The summed E-state index contributed by atoms with van der Waals surface area (Å²) in [5, 5.41) is 2.64. The number of nitrogens with one attached hydrogen (secondary N) is 1. The summed E-state index contributed by atoms with van der Waals surface area (Å²) in [6.45, 7) is 0. The summed E-state index contributed by atoms with van der Waals surface area (Å²) in [6.07, 6.45) is 0. The zero-order valence-electron chi connectivity index (χ0n) is 13.2. The Morgan fingerprint density at radius 1 is 1.00 bits per heavy atom. The summed E-state index contributed by atoms with van der Waals surface area (Å²) < 4.78 is 14.6. The molecular formula is C20H15BrFNOS. The van der Waals surface area contributed by atoms with Gasteiger partial charge >= 0.3 is 0 Å². The van der Waals surface area contributed by atoms with E-state index in [-0.39, 0.29) is 11.6 Å².